The van der Waals surface area contributed by atoms with Crippen molar-refractivity contribution in [2.24, 2.45) is 4.99 Å². The van der Waals surface area contributed by atoms with Gasteiger partial charge >= 0.3 is 0 Å². The van der Waals surface area contributed by atoms with Crippen molar-refractivity contribution in [2.45, 2.75) is 6.92 Å². The van der Waals surface area contributed by atoms with Gasteiger partial charge < -0.3 is 5.32 Å². The summed E-state index contributed by atoms with van der Waals surface area (Å²) in [5, 5.41) is 3.22. The van der Waals surface area contributed by atoms with Gasteiger partial charge in [-0.05, 0) is 19.1 Å². The summed E-state index contributed by atoms with van der Waals surface area (Å²) in [6, 6.07) is 5.52. The van der Waals surface area contributed by atoms with Crippen LogP contribution in [0.25, 0.3) is 0 Å². The third kappa shape index (κ3) is 1.90. The Labute approximate surface area is 93.9 Å². The fraction of sp³-hybridized carbons (Fsp3) is 0.273. The molecule has 3 N–H and O–H groups in total. The molecule has 0 unspecified atom stereocenters. The van der Waals surface area contributed by atoms with Crippen molar-refractivity contribution >= 4 is 23.0 Å². The Hall–Kier alpha value is -1.88. The summed E-state index contributed by atoms with van der Waals surface area (Å²) in [4.78, 5) is 16.2. The minimum atomic E-state index is -0.181. The SMILES string of the molecule is CNNC(=O)c1cccc2c1N=C(C)CN2. The highest BCUT2D eigenvalue weighted by molar-refractivity contribution is 6.05. The number of para-hydroxylation sites is 1. The summed E-state index contributed by atoms with van der Waals surface area (Å²) in [5.74, 6) is -0.181. The first-order valence-electron chi connectivity index (χ1n) is 5.10. The van der Waals surface area contributed by atoms with Crippen LogP contribution in [0.1, 0.15) is 17.3 Å². The number of benzene rings is 1. The summed E-state index contributed by atoms with van der Waals surface area (Å²) in [7, 11) is 1.65. The Morgan fingerprint density at radius 2 is 2.31 bits per heavy atom. The average molecular weight is 218 g/mol. The molecule has 1 aromatic rings. The Balaban J connectivity index is 2.45. The van der Waals surface area contributed by atoms with E-state index < -0.39 is 0 Å². The standard InChI is InChI=1S/C11H14N4O/c1-7-6-13-9-5-3-4-8(10(9)14-7)11(16)15-12-2/h3-5,12-13H,6H2,1-2H3,(H,15,16). The number of amides is 1. The summed E-state index contributed by atoms with van der Waals surface area (Å²) in [5.41, 5.74) is 8.30. The maximum Gasteiger partial charge on any atom is 0.267 e. The number of anilines is 1. The lowest BCUT2D eigenvalue weighted by Crippen LogP contribution is -2.34. The van der Waals surface area contributed by atoms with Gasteiger partial charge in [-0.1, -0.05) is 6.07 Å². The Bertz CT molecular complexity index is 453. The maximum absolute atomic E-state index is 11.8. The van der Waals surface area contributed by atoms with Crippen LogP contribution in [-0.4, -0.2) is 25.2 Å². The van der Waals surface area contributed by atoms with Gasteiger partial charge in [-0.2, -0.15) is 0 Å². The molecule has 0 fully saturated rings. The summed E-state index contributed by atoms with van der Waals surface area (Å²) < 4.78 is 0. The van der Waals surface area contributed by atoms with Crippen LogP contribution in [0.15, 0.2) is 23.2 Å². The molecule has 2 rings (SSSR count). The van der Waals surface area contributed by atoms with Gasteiger partial charge in [0.15, 0.2) is 0 Å². The smallest absolute Gasteiger partial charge is 0.267 e. The number of carbonyl (C=O) groups excluding carboxylic acids is 1. The van der Waals surface area contributed by atoms with Crippen LogP contribution in [0.5, 0.6) is 0 Å². The van der Waals surface area contributed by atoms with Gasteiger partial charge in [0.1, 0.15) is 0 Å². The van der Waals surface area contributed by atoms with Gasteiger partial charge in [-0.3, -0.25) is 15.2 Å². The summed E-state index contributed by atoms with van der Waals surface area (Å²) in [6.07, 6.45) is 0. The Kier molecular flexibility index (Phi) is 2.87. The van der Waals surface area contributed by atoms with Crippen LogP contribution >= 0.6 is 0 Å². The molecular weight excluding hydrogens is 204 g/mol. The first-order chi connectivity index (χ1) is 7.72. The third-order valence-electron chi connectivity index (χ3n) is 2.36. The molecule has 84 valence electrons. The van der Waals surface area contributed by atoms with Crippen molar-refractivity contribution in [3.05, 3.63) is 23.8 Å². The lowest BCUT2D eigenvalue weighted by Gasteiger charge is -2.17. The second kappa shape index (κ2) is 4.32. The quantitative estimate of drug-likeness (QED) is 0.650. The van der Waals surface area contributed by atoms with Gasteiger partial charge in [0.25, 0.3) is 5.91 Å². The van der Waals surface area contributed by atoms with Crippen molar-refractivity contribution < 1.29 is 4.79 Å². The highest BCUT2D eigenvalue weighted by atomic mass is 16.2. The highest BCUT2D eigenvalue weighted by Gasteiger charge is 2.16. The Morgan fingerprint density at radius 3 is 3.06 bits per heavy atom. The van der Waals surface area contributed by atoms with Crippen LogP contribution in [0.4, 0.5) is 11.4 Å². The van der Waals surface area contributed by atoms with E-state index in [0.717, 1.165) is 17.9 Å². The zero-order valence-corrected chi connectivity index (χ0v) is 9.29. The molecule has 1 heterocycles. The van der Waals surface area contributed by atoms with Crippen molar-refractivity contribution in [2.75, 3.05) is 18.9 Å². The van der Waals surface area contributed by atoms with Gasteiger partial charge in [0.2, 0.25) is 0 Å². The minimum absolute atomic E-state index is 0.181. The van der Waals surface area contributed by atoms with E-state index in [1.54, 1.807) is 13.1 Å². The molecule has 0 radical (unpaired) electrons. The number of rotatable bonds is 2. The number of fused-ring (bicyclic) bond motifs is 1. The Morgan fingerprint density at radius 1 is 1.50 bits per heavy atom. The molecule has 1 aromatic carbocycles. The highest BCUT2D eigenvalue weighted by Crippen LogP contribution is 2.31. The fourth-order valence-corrected chi connectivity index (χ4v) is 1.62. The molecule has 16 heavy (non-hydrogen) atoms. The third-order valence-corrected chi connectivity index (χ3v) is 2.36. The molecule has 0 saturated heterocycles. The van der Waals surface area contributed by atoms with Crippen molar-refractivity contribution in [1.29, 1.82) is 0 Å². The molecular formula is C11H14N4O. The van der Waals surface area contributed by atoms with E-state index >= 15 is 0 Å². The van der Waals surface area contributed by atoms with Crippen LogP contribution < -0.4 is 16.2 Å². The predicted octanol–water partition coefficient (Wildman–Crippen LogP) is 1.07. The van der Waals surface area contributed by atoms with Crippen LogP contribution in [0, 0.1) is 0 Å². The summed E-state index contributed by atoms with van der Waals surface area (Å²) >= 11 is 0. The van der Waals surface area contributed by atoms with E-state index in [2.05, 4.69) is 21.2 Å². The predicted molar refractivity (Wildman–Crippen MR) is 64.2 cm³/mol. The molecule has 1 aliphatic heterocycles. The number of nitrogens with zero attached hydrogens (tertiary/aromatic N) is 1. The fourth-order valence-electron chi connectivity index (χ4n) is 1.62. The number of hydrogen-bond acceptors (Lipinski definition) is 4. The lowest BCUT2D eigenvalue weighted by molar-refractivity contribution is 0.0939. The zero-order chi connectivity index (χ0) is 11.5. The minimum Gasteiger partial charge on any atom is -0.378 e. The number of nitrogens with one attached hydrogen (secondary N) is 3. The van der Waals surface area contributed by atoms with Gasteiger partial charge in [-0.15, -0.1) is 0 Å². The molecule has 5 nitrogen and oxygen atoms in total. The van der Waals surface area contributed by atoms with E-state index in [0.29, 0.717) is 11.3 Å². The molecule has 1 aliphatic rings. The van der Waals surface area contributed by atoms with Crippen LogP contribution in [0.2, 0.25) is 0 Å². The van der Waals surface area contributed by atoms with E-state index in [9.17, 15) is 4.79 Å². The van der Waals surface area contributed by atoms with Crippen molar-refractivity contribution in [3.8, 4) is 0 Å². The first kappa shape index (κ1) is 10.6. The second-order valence-electron chi connectivity index (χ2n) is 3.61. The molecule has 0 atom stereocenters. The monoisotopic (exact) mass is 218 g/mol. The molecule has 0 spiro atoms. The van der Waals surface area contributed by atoms with Crippen molar-refractivity contribution in [1.82, 2.24) is 10.9 Å². The molecule has 0 bridgehead atoms. The van der Waals surface area contributed by atoms with Gasteiger partial charge in [0.05, 0.1) is 23.5 Å². The normalized spacial score (nSPS) is 13.5. The van der Waals surface area contributed by atoms with Gasteiger partial charge in [-0.25, -0.2) is 5.43 Å². The van der Waals surface area contributed by atoms with Crippen LogP contribution in [-0.2, 0) is 0 Å². The van der Waals surface area contributed by atoms with E-state index in [4.69, 9.17) is 0 Å². The number of hydrazine groups is 1. The lowest BCUT2D eigenvalue weighted by atomic mass is 10.1. The molecule has 0 saturated carbocycles. The molecule has 5 heteroatoms. The average Bonchev–Trinajstić information content (AvgIpc) is 2.28. The topological polar surface area (TPSA) is 65.5 Å². The zero-order valence-electron chi connectivity index (χ0n) is 9.29. The number of aliphatic imine (C=N–C) groups is 1. The van der Waals surface area contributed by atoms with E-state index in [1.807, 2.05) is 19.1 Å². The largest absolute Gasteiger partial charge is 0.378 e. The molecule has 1 amide bonds. The first-order valence-corrected chi connectivity index (χ1v) is 5.10. The van der Waals surface area contributed by atoms with Crippen molar-refractivity contribution in [3.63, 3.8) is 0 Å². The maximum atomic E-state index is 11.8. The number of hydrogen-bond donors (Lipinski definition) is 3. The van der Waals surface area contributed by atoms with E-state index in [-0.39, 0.29) is 5.91 Å². The number of carbonyl (C=O) groups is 1. The van der Waals surface area contributed by atoms with Gasteiger partial charge in [0, 0.05) is 12.8 Å². The molecule has 0 aromatic heterocycles. The second-order valence-corrected chi connectivity index (χ2v) is 3.61. The van der Waals surface area contributed by atoms with E-state index in [1.165, 1.54) is 0 Å². The summed E-state index contributed by atoms with van der Waals surface area (Å²) in [6.45, 7) is 2.66. The van der Waals surface area contributed by atoms with Crippen LogP contribution in [0.3, 0.4) is 0 Å². The molecule has 0 aliphatic carbocycles.